The Hall–Kier alpha value is -1.66. The molecule has 3 unspecified atom stereocenters. The van der Waals surface area contributed by atoms with Gasteiger partial charge in [0.2, 0.25) is 11.8 Å². The number of hydrogen-bond acceptors (Lipinski definition) is 5. The van der Waals surface area contributed by atoms with Gasteiger partial charge in [0.25, 0.3) is 0 Å². The Balaban J connectivity index is 1.99. The molecule has 6 heteroatoms. The average molecular weight is 349 g/mol. The third-order valence-corrected chi connectivity index (χ3v) is 4.30. The largest absolute Gasteiger partial charge is 0.478 e. The van der Waals surface area contributed by atoms with Gasteiger partial charge in [-0.15, -0.1) is 0 Å². The third kappa shape index (κ3) is 5.68. The van der Waals surface area contributed by atoms with Crippen LogP contribution >= 0.6 is 0 Å². The van der Waals surface area contributed by atoms with E-state index in [1.165, 1.54) is 0 Å². The molecule has 0 radical (unpaired) electrons. The lowest BCUT2D eigenvalue weighted by Gasteiger charge is -2.41. The normalized spacial score (nSPS) is 22.6. The topological polar surface area (TPSA) is 63.7 Å². The molecule has 2 rings (SSSR count). The van der Waals surface area contributed by atoms with Crippen molar-refractivity contribution in [1.82, 2.24) is 15.2 Å². The number of aromatic nitrogens is 1. The maximum absolute atomic E-state index is 12.8. The van der Waals surface area contributed by atoms with Crippen molar-refractivity contribution in [3.8, 4) is 5.88 Å². The first-order valence-corrected chi connectivity index (χ1v) is 9.15. The van der Waals surface area contributed by atoms with Crippen molar-refractivity contribution in [3.05, 3.63) is 23.9 Å². The Morgan fingerprint density at radius 1 is 1.40 bits per heavy atom. The lowest BCUT2D eigenvalue weighted by atomic mass is 9.99. The van der Waals surface area contributed by atoms with Crippen molar-refractivity contribution in [3.63, 3.8) is 0 Å². The van der Waals surface area contributed by atoms with Crippen LogP contribution in [-0.2, 0) is 16.1 Å². The van der Waals surface area contributed by atoms with Crippen LogP contribution in [0.1, 0.15) is 40.2 Å². The van der Waals surface area contributed by atoms with E-state index < -0.39 is 0 Å². The van der Waals surface area contributed by atoms with Gasteiger partial charge in [-0.3, -0.25) is 9.69 Å². The van der Waals surface area contributed by atoms with Crippen molar-refractivity contribution < 1.29 is 14.3 Å². The van der Waals surface area contributed by atoms with E-state index in [0.29, 0.717) is 19.0 Å². The van der Waals surface area contributed by atoms with Gasteiger partial charge < -0.3 is 14.8 Å². The predicted molar refractivity (Wildman–Crippen MR) is 97.5 cm³/mol. The van der Waals surface area contributed by atoms with Crippen LogP contribution in [0.4, 0.5) is 0 Å². The van der Waals surface area contributed by atoms with Crippen molar-refractivity contribution >= 4 is 5.91 Å². The summed E-state index contributed by atoms with van der Waals surface area (Å²) in [7, 11) is 0. The fourth-order valence-corrected chi connectivity index (χ4v) is 3.42. The Bertz CT molecular complexity index is 555. The fraction of sp³-hybridized carbons (Fsp3) is 0.684. The average Bonchev–Trinajstić information content (AvgIpc) is 2.52. The number of morpholine rings is 1. The van der Waals surface area contributed by atoms with E-state index in [4.69, 9.17) is 9.47 Å². The Morgan fingerprint density at radius 2 is 2.08 bits per heavy atom. The first-order chi connectivity index (χ1) is 11.9. The summed E-state index contributed by atoms with van der Waals surface area (Å²) in [5, 5.41) is 3.07. The van der Waals surface area contributed by atoms with Gasteiger partial charge in [-0.1, -0.05) is 13.8 Å². The van der Waals surface area contributed by atoms with Crippen molar-refractivity contribution in [2.45, 2.75) is 59.4 Å². The quantitative estimate of drug-likeness (QED) is 0.818. The molecule has 2 heterocycles. The van der Waals surface area contributed by atoms with Crippen LogP contribution in [0.5, 0.6) is 5.88 Å². The minimum absolute atomic E-state index is 0.0612. The summed E-state index contributed by atoms with van der Waals surface area (Å²) in [5.74, 6) is 0.880. The Kier molecular flexibility index (Phi) is 7.20. The molecular formula is C19H31N3O3. The molecule has 1 aliphatic heterocycles. The summed E-state index contributed by atoms with van der Waals surface area (Å²) in [4.78, 5) is 19.2. The van der Waals surface area contributed by atoms with E-state index in [-0.39, 0.29) is 30.1 Å². The van der Waals surface area contributed by atoms with E-state index >= 15 is 0 Å². The molecule has 1 aliphatic rings. The first-order valence-electron chi connectivity index (χ1n) is 9.15. The molecular weight excluding hydrogens is 318 g/mol. The molecule has 1 aromatic heterocycles. The summed E-state index contributed by atoms with van der Waals surface area (Å²) >= 11 is 0. The van der Waals surface area contributed by atoms with Gasteiger partial charge in [0.05, 0.1) is 24.9 Å². The number of nitrogens with one attached hydrogen (secondary N) is 1. The van der Waals surface area contributed by atoms with Crippen LogP contribution in [0.15, 0.2) is 18.3 Å². The summed E-state index contributed by atoms with van der Waals surface area (Å²) in [6.07, 6.45) is 2.00. The van der Waals surface area contributed by atoms with E-state index in [0.717, 1.165) is 18.7 Å². The smallest absolute Gasteiger partial charge is 0.237 e. The van der Waals surface area contributed by atoms with Crippen LogP contribution < -0.4 is 10.1 Å². The zero-order valence-corrected chi connectivity index (χ0v) is 16.0. The second-order valence-corrected chi connectivity index (χ2v) is 7.05. The van der Waals surface area contributed by atoms with Crippen LogP contribution in [0, 0.1) is 5.92 Å². The lowest BCUT2D eigenvalue weighted by Crippen LogP contribution is -2.56. The summed E-state index contributed by atoms with van der Waals surface area (Å²) in [6.45, 7) is 12.8. The van der Waals surface area contributed by atoms with E-state index in [9.17, 15) is 4.79 Å². The number of pyridine rings is 1. The molecule has 1 saturated heterocycles. The number of hydrogen-bond donors (Lipinski definition) is 1. The monoisotopic (exact) mass is 349 g/mol. The van der Waals surface area contributed by atoms with Gasteiger partial charge in [-0.2, -0.15) is 0 Å². The first kappa shape index (κ1) is 19.7. The Labute approximate surface area is 150 Å². The zero-order chi connectivity index (χ0) is 18.4. The minimum atomic E-state index is -0.151. The number of rotatable bonds is 7. The van der Waals surface area contributed by atoms with Crippen LogP contribution in [0.2, 0.25) is 0 Å². The van der Waals surface area contributed by atoms with E-state index in [1.807, 2.05) is 19.1 Å². The summed E-state index contributed by atoms with van der Waals surface area (Å²) in [6, 6.07) is 3.61. The lowest BCUT2D eigenvalue weighted by molar-refractivity contribution is -0.135. The highest BCUT2D eigenvalue weighted by Gasteiger charge is 2.33. The third-order valence-electron chi connectivity index (χ3n) is 4.30. The number of nitrogens with zero attached hydrogens (tertiary/aromatic N) is 2. The van der Waals surface area contributed by atoms with Crippen LogP contribution in [-0.4, -0.2) is 53.7 Å². The zero-order valence-electron chi connectivity index (χ0n) is 16.0. The maximum atomic E-state index is 12.8. The molecule has 3 atom stereocenters. The maximum Gasteiger partial charge on any atom is 0.237 e. The second kappa shape index (κ2) is 9.15. The fourth-order valence-electron chi connectivity index (χ4n) is 3.42. The molecule has 1 aromatic rings. The minimum Gasteiger partial charge on any atom is -0.478 e. The predicted octanol–water partition coefficient (Wildman–Crippen LogP) is 2.23. The van der Waals surface area contributed by atoms with E-state index in [2.05, 4.69) is 42.9 Å². The van der Waals surface area contributed by atoms with E-state index in [1.54, 1.807) is 6.20 Å². The van der Waals surface area contributed by atoms with Crippen LogP contribution in [0.3, 0.4) is 0 Å². The standard InChI is InChI=1S/C19H31N3O3/c1-6-24-17-9-16(7-8-20-17)10-21-19(23)18(13(2)3)22-11-14(4)25-15(5)12-22/h7-9,13-15,18H,6,10-12H2,1-5H3,(H,21,23). The van der Waals surface area contributed by atoms with Crippen LogP contribution in [0.25, 0.3) is 0 Å². The molecule has 6 nitrogen and oxygen atoms in total. The van der Waals surface area contributed by atoms with Crippen molar-refractivity contribution in [1.29, 1.82) is 0 Å². The summed E-state index contributed by atoms with van der Waals surface area (Å²) < 4.78 is 11.2. The number of carbonyl (C=O) groups excluding carboxylic acids is 1. The van der Waals surface area contributed by atoms with Gasteiger partial charge in [0.1, 0.15) is 0 Å². The highest BCUT2D eigenvalue weighted by Crippen LogP contribution is 2.19. The highest BCUT2D eigenvalue weighted by atomic mass is 16.5. The second-order valence-electron chi connectivity index (χ2n) is 7.05. The van der Waals surface area contributed by atoms with Gasteiger partial charge in [0.15, 0.2) is 0 Å². The molecule has 0 spiro atoms. The number of ether oxygens (including phenoxy) is 2. The number of amides is 1. The Morgan fingerprint density at radius 3 is 2.68 bits per heavy atom. The molecule has 0 saturated carbocycles. The SMILES string of the molecule is CCOc1cc(CNC(=O)C(C(C)C)N2CC(C)OC(C)C2)ccn1. The summed E-state index contributed by atoms with van der Waals surface area (Å²) in [5.41, 5.74) is 0.984. The molecule has 140 valence electrons. The molecule has 1 fully saturated rings. The van der Waals surface area contributed by atoms with Gasteiger partial charge in [0, 0.05) is 31.9 Å². The van der Waals surface area contributed by atoms with Gasteiger partial charge >= 0.3 is 0 Å². The van der Waals surface area contributed by atoms with Crippen molar-refractivity contribution in [2.75, 3.05) is 19.7 Å². The molecule has 0 aliphatic carbocycles. The molecule has 1 amide bonds. The van der Waals surface area contributed by atoms with Crippen molar-refractivity contribution in [2.24, 2.45) is 5.92 Å². The molecule has 1 N–H and O–H groups in total. The van der Waals surface area contributed by atoms with Gasteiger partial charge in [-0.25, -0.2) is 4.98 Å². The highest BCUT2D eigenvalue weighted by molar-refractivity contribution is 5.82. The molecule has 0 bridgehead atoms. The van der Waals surface area contributed by atoms with Gasteiger partial charge in [-0.05, 0) is 38.3 Å². The molecule has 25 heavy (non-hydrogen) atoms. The number of carbonyl (C=O) groups is 1. The molecule has 0 aromatic carbocycles.